The minimum absolute atomic E-state index is 0.0809. The van der Waals surface area contributed by atoms with Crippen LogP contribution in [-0.2, 0) is 10.9 Å². The largest absolute Gasteiger partial charge is 0.433 e. The maximum absolute atomic E-state index is 12.8. The number of anilines is 1. The monoisotopic (exact) mass is 313 g/mol. The van der Waals surface area contributed by atoms with Crippen molar-refractivity contribution in [1.29, 1.82) is 0 Å². The van der Waals surface area contributed by atoms with Crippen LogP contribution in [0, 0.1) is 0 Å². The summed E-state index contributed by atoms with van der Waals surface area (Å²) < 4.78 is 45.0. The Bertz CT molecular complexity index is 695. The number of hydrogen-bond donors (Lipinski definition) is 1. The quantitative estimate of drug-likeness (QED) is 0.878. The van der Waals surface area contributed by atoms with Gasteiger partial charge in [0, 0.05) is 12.6 Å². The first kappa shape index (κ1) is 14.8. The van der Waals surface area contributed by atoms with Crippen molar-refractivity contribution in [2.24, 2.45) is 0 Å². The summed E-state index contributed by atoms with van der Waals surface area (Å²) in [4.78, 5) is 7.19. The van der Waals surface area contributed by atoms with E-state index >= 15 is 0 Å². The second-order valence-electron chi connectivity index (χ2n) is 4.86. The van der Waals surface area contributed by atoms with Gasteiger partial charge in [0.1, 0.15) is 12.1 Å². The van der Waals surface area contributed by atoms with E-state index < -0.39 is 11.9 Å². The van der Waals surface area contributed by atoms with E-state index in [0.29, 0.717) is 19.8 Å². The lowest BCUT2D eigenvalue weighted by Crippen LogP contribution is -2.15. The number of aromatic nitrogens is 4. The Labute approximate surface area is 124 Å². The lowest BCUT2D eigenvalue weighted by Gasteiger charge is -2.15. The summed E-state index contributed by atoms with van der Waals surface area (Å²) in [6, 6.07) is 0.944. The second kappa shape index (κ2) is 5.91. The average Bonchev–Trinajstić information content (AvgIpc) is 2.96. The van der Waals surface area contributed by atoms with Gasteiger partial charge in [-0.05, 0) is 12.8 Å². The predicted molar refractivity (Wildman–Crippen MR) is 72.4 cm³/mol. The Balaban J connectivity index is 1.77. The molecule has 0 unspecified atom stereocenters. The summed E-state index contributed by atoms with van der Waals surface area (Å²) in [5.41, 5.74) is 0.250. The van der Waals surface area contributed by atoms with E-state index in [4.69, 9.17) is 4.74 Å². The van der Waals surface area contributed by atoms with E-state index in [0.717, 1.165) is 18.9 Å². The number of ether oxygens (including phenoxy) is 1. The van der Waals surface area contributed by atoms with Crippen molar-refractivity contribution >= 4 is 11.6 Å². The number of fused-ring (bicyclic) bond motifs is 1. The van der Waals surface area contributed by atoms with Gasteiger partial charge in [0.15, 0.2) is 5.69 Å². The third-order valence-corrected chi connectivity index (χ3v) is 3.35. The molecule has 1 aliphatic rings. The van der Waals surface area contributed by atoms with Crippen LogP contribution in [0.1, 0.15) is 18.5 Å². The van der Waals surface area contributed by atoms with Gasteiger partial charge < -0.3 is 10.1 Å². The summed E-state index contributed by atoms with van der Waals surface area (Å²) in [5.74, 6) is 0.144. The molecule has 2 aromatic heterocycles. The van der Waals surface area contributed by atoms with Crippen LogP contribution in [0.2, 0.25) is 0 Å². The summed E-state index contributed by atoms with van der Waals surface area (Å²) in [6.07, 6.45) is 0.250. The number of hydrogen-bond acceptors (Lipinski definition) is 5. The highest BCUT2D eigenvalue weighted by Crippen LogP contribution is 2.29. The topological polar surface area (TPSA) is 64.3 Å². The molecule has 9 heteroatoms. The molecule has 0 fully saturated rings. The van der Waals surface area contributed by atoms with Gasteiger partial charge in [-0.1, -0.05) is 11.6 Å². The van der Waals surface area contributed by atoms with Crippen LogP contribution >= 0.6 is 0 Å². The molecule has 0 aromatic carbocycles. The molecule has 0 amide bonds. The zero-order valence-corrected chi connectivity index (χ0v) is 11.6. The molecule has 6 nitrogen and oxygen atoms in total. The Morgan fingerprint density at radius 1 is 1.36 bits per heavy atom. The third kappa shape index (κ3) is 3.19. The molecule has 0 aliphatic carbocycles. The number of halogens is 3. The Hall–Kier alpha value is -2.16. The van der Waals surface area contributed by atoms with Crippen molar-refractivity contribution in [3.05, 3.63) is 29.7 Å². The van der Waals surface area contributed by atoms with Crippen LogP contribution in [0.5, 0.6) is 0 Å². The highest BCUT2D eigenvalue weighted by Gasteiger charge is 2.34. The molecule has 2 aromatic rings. The highest BCUT2D eigenvalue weighted by atomic mass is 19.4. The molecular formula is C13H14F3N5O. The highest BCUT2D eigenvalue weighted by molar-refractivity contribution is 5.45. The van der Waals surface area contributed by atoms with Crippen molar-refractivity contribution in [1.82, 2.24) is 19.6 Å². The van der Waals surface area contributed by atoms with E-state index in [1.807, 2.05) is 6.08 Å². The van der Waals surface area contributed by atoms with Gasteiger partial charge in [0.25, 0.3) is 5.78 Å². The summed E-state index contributed by atoms with van der Waals surface area (Å²) in [7, 11) is 0. The number of alkyl halides is 3. The van der Waals surface area contributed by atoms with Crippen LogP contribution < -0.4 is 5.32 Å². The first-order valence-corrected chi connectivity index (χ1v) is 6.81. The number of rotatable bonds is 4. The molecule has 1 aliphatic heterocycles. The number of nitrogens with zero attached hydrogens (tertiary/aromatic N) is 4. The van der Waals surface area contributed by atoms with Crippen LogP contribution in [0.4, 0.5) is 19.0 Å². The first-order chi connectivity index (χ1) is 10.5. The van der Waals surface area contributed by atoms with Crippen LogP contribution in [0.15, 0.2) is 24.0 Å². The molecule has 22 heavy (non-hydrogen) atoms. The molecule has 0 atom stereocenters. The first-order valence-electron chi connectivity index (χ1n) is 6.81. The fraction of sp³-hybridized carbons (Fsp3) is 0.462. The summed E-state index contributed by atoms with van der Waals surface area (Å²) in [6.45, 7) is 1.78. The van der Waals surface area contributed by atoms with E-state index in [2.05, 4.69) is 20.4 Å². The summed E-state index contributed by atoms with van der Waals surface area (Å²) in [5, 5.41) is 6.86. The molecule has 0 saturated carbocycles. The fourth-order valence-corrected chi connectivity index (χ4v) is 2.23. The fourth-order valence-electron chi connectivity index (χ4n) is 2.23. The Kier molecular flexibility index (Phi) is 3.97. The minimum atomic E-state index is -4.52. The molecule has 1 N–H and O–H groups in total. The molecule has 0 spiro atoms. The maximum Gasteiger partial charge on any atom is 0.433 e. The van der Waals surface area contributed by atoms with Crippen LogP contribution in [0.25, 0.3) is 5.78 Å². The molecule has 118 valence electrons. The Morgan fingerprint density at radius 3 is 2.95 bits per heavy atom. The molecule has 0 radical (unpaired) electrons. The molecule has 0 saturated heterocycles. The molecule has 0 bridgehead atoms. The standard InChI is InChI=1S/C13H14F3N5O/c14-13(15,16)10-7-11(21-12(20-10)18-8-19-21)17-4-1-9-2-5-22-6-3-9/h2,7-8,17H,1,3-6H2. The van der Waals surface area contributed by atoms with Gasteiger partial charge in [-0.3, -0.25) is 0 Å². The van der Waals surface area contributed by atoms with E-state index in [1.165, 1.54) is 16.4 Å². The SMILES string of the molecule is FC(F)(F)c1cc(NCCC2=CCOCC2)n2ncnc2n1. The van der Waals surface area contributed by atoms with Gasteiger partial charge in [-0.25, -0.2) is 4.98 Å². The minimum Gasteiger partial charge on any atom is -0.377 e. The average molecular weight is 313 g/mol. The van der Waals surface area contributed by atoms with Gasteiger partial charge in [0.2, 0.25) is 0 Å². The molecular weight excluding hydrogens is 299 g/mol. The lowest BCUT2D eigenvalue weighted by atomic mass is 10.1. The van der Waals surface area contributed by atoms with E-state index in [1.54, 1.807) is 0 Å². The van der Waals surface area contributed by atoms with Gasteiger partial charge in [-0.2, -0.15) is 27.8 Å². The maximum atomic E-state index is 12.8. The number of nitrogens with one attached hydrogen (secondary N) is 1. The lowest BCUT2D eigenvalue weighted by molar-refractivity contribution is -0.141. The van der Waals surface area contributed by atoms with Gasteiger partial charge >= 0.3 is 6.18 Å². The zero-order chi connectivity index (χ0) is 15.6. The van der Waals surface area contributed by atoms with Gasteiger partial charge in [-0.15, -0.1) is 0 Å². The molecule has 3 heterocycles. The van der Waals surface area contributed by atoms with Crippen LogP contribution in [0.3, 0.4) is 0 Å². The normalized spacial score (nSPS) is 15.9. The second-order valence-corrected chi connectivity index (χ2v) is 4.86. The zero-order valence-electron chi connectivity index (χ0n) is 11.6. The molecule has 3 rings (SSSR count). The van der Waals surface area contributed by atoms with Crippen molar-refractivity contribution in [2.75, 3.05) is 25.1 Å². The van der Waals surface area contributed by atoms with E-state index in [-0.39, 0.29) is 11.6 Å². The smallest absolute Gasteiger partial charge is 0.377 e. The van der Waals surface area contributed by atoms with Gasteiger partial charge in [0.05, 0.1) is 13.2 Å². The van der Waals surface area contributed by atoms with Crippen molar-refractivity contribution in [3.8, 4) is 0 Å². The predicted octanol–water partition coefficient (Wildman–Crippen LogP) is 2.29. The van der Waals surface area contributed by atoms with Crippen LogP contribution in [-0.4, -0.2) is 39.3 Å². The van der Waals surface area contributed by atoms with E-state index in [9.17, 15) is 13.2 Å². The van der Waals surface area contributed by atoms with Crippen molar-refractivity contribution in [3.63, 3.8) is 0 Å². The third-order valence-electron chi connectivity index (χ3n) is 3.35. The summed E-state index contributed by atoms with van der Waals surface area (Å²) >= 11 is 0. The van der Waals surface area contributed by atoms with Crippen molar-refractivity contribution < 1.29 is 17.9 Å². The Morgan fingerprint density at radius 2 is 2.23 bits per heavy atom. The van der Waals surface area contributed by atoms with Crippen molar-refractivity contribution in [2.45, 2.75) is 19.0 Å².